The van der Waals surface area contributed by atoms with E-state index in [9.17, 15) is 0 Å². The molecule has 3 heterocycles. The lowest BCUT2D eigenvalue weighted by Gasteiger charge is -2.55. The highest BCUT2D eigenvalue weighted by atomic mass is 32.2. The molecule has 10 aliphatic carbocycles. The Kier molecular flexibility index (Phi) is 12.5. The second kappa shape index (κ2) is 18.3. The van der Waals surface area contributed by atoms with Gasteiger partial charge in [0.2, 0.25) is 0 Å². The summed E-state index contributed by atoms with van der Waals surface area (Å²) in [5.74, 6) is 13.8. The van der Waals surface area contributed by atoms with Gasteiger partial charge in [-0.15, -0.1) is 0 Å². The van der Waals surface area contributed by atoms with Crippen LogP contribution >= 0.6 is 11.8 Å². The summed E-state index contributed by atoms with van der Waals surface area (Å²) in [5.41, 5.74) is 0. The van der Waals surface area contributed by atoms with E-state index in [4.69, 9.17) is 9.47 Å². The fourth-order valence-electron chi connectivity index (χ4n) is 21.5. The highest BCUT2D eigenvalue weighted by Gasteiger charge is 2.63. The Morgan fingerprint density at radius 3 is 1.53 bits per heavy atom. The van der Waals surface area contributed by atoms with Crippen molar-refractivity contribution < 1.29 is 9.47 Å². The van der Waals surface area contributed by atoms with Crippen molar-refractivity contribution in [3.8, 4) is 0 Å². The predicted octanol–water partition coefficient (Wildman–Crippen LogP) is 14.8. The SMILES string of the molecule is C1CCC(C2CCC(N(C3CCC(C4CCCC5CCCCC54)CC3)C3CCC(C4CCCC5C6CCC7OC8CCCCC8C7C6SC54)C4C5CCCCC5OC43)CC2)CC1. The van der Waals surface area contributed by atoms with Crippen LogP contribution in [0.3, 0.4) is 0 Å². The highest BCUT2D eigenvalue weighted by Crippen LogP contribution is 2.65. The van der Waals surface area contributed by atoms with Crippen LogP contribution in [0.25, 0.3) is 0 Å². The number of rotatable bonds is 6. The van der Waals surface area contributed by atoms with Crippen molar-refractivity contribution in [3.05, 3.63) is 0 Å². The highest BCUT2D eigenvalue weighted by molar-refractivity contribution is 8.00. The molecule has 3 aliphatic heterocycles. The van der Waals surface area contributed by atoms with Crippen LogP contribution in [-0.4, -0.2) is 57.9 Å². The molecule has 348 valence electrons. The Balaban J connectivity index is 0.769. The molecule has 0 radical (unpaired) electrons. The lowest BCUT2D eigenvalue weighted by Crippen LogP contribution is -2.60. The summed E-state index contributed by atoms with van der Waals surface area (Å²) in [7, 11) is 0. The average Bonchev–Trinajstić information content (AvgIpc) is 4.04. The summed E-state index contributed by atoms with van der Waals surface area (Å²) < 4.78 is 14.8. The number of thioether (sulfide) groups is 1. The molecule has 3 nitrogen and oxygen atoms in total. The van der Waals surface area contributed by atoms with Crippen LogP contribution < -0.4 is 0 Å². The molecule has 0 aromatic heterocycles. The molecular weight excluding hydrogens is 775 g/mol. The first-order valence-corrected chi connectivity index (χ1v) is 30.4. The molecule has 0 bridgehead atoms. The van der Waals surface area contributed by atoms with Gasteiger partial charge in [-0.05, 0) is 205 Å². The monoisotopic (exact) mass is 868 g/mol. The van der Waals surface area contributed by atoms with E-state index in [-0.39, 0.29) is 0 Å². The zero-order valence-corrected chi connectivity index (χ0v) is 40.5. The molecule has 18 atom stereocenters. The summed E-state index contributed by atoms with van der Waals surface area (Å²) in [6.07, 6.45) is 55.2. The minimum absolute atomic E-state index is 0.529. The van der Waals surface area contributed by atoms with Gasteiger partial charge in [-0.1, -0.05) is 96.3 Å². The molecule has 10 saturated carbocycles. The van der Waals surface area contributed by atoms with Crippen molar-refractivity contribution >= 4 is 11.8 Å². The second-order valence-electron chi connectivity index (χ2n) is 26.1. The number of ether oxygens (including phenoxy) is 2. The Morgan fingerprint density at radius 2 is 0.774 bits per heavy atom. The van der Waals surface area contributed by atoms with Gasteiger partial charge in [-0.2, -0.15) is 11.8 Å². The van der Waals surface area contributed by atoms with Crippen molar-refractivity contribution in [3.63, 3.8) is 0 Å². The summed E-state index contributed by atoms with van der Waals surface area (Å²) in [5, 5.41) is 1.86. The maximum Gasteiger partial charge on any atom is 0.0768 e. The summed E-state index contributed by atoms with van der Waals surface area (Å²) >= 11 is 2.63. The van der Waals surface area contributed by atoms with Crippen molar-refractivity contribution in [2.45, 2.75) is 278 Å². The molecule has 0 aromatic rings. The third kappa shape index (κ3) is 7.56. The van der Waals surface area contributed by atoms with Crippen LogP contribution in [0, 0.1) is 82.9 Å². The molecule has 13 rings (SSSR count). The van der Waals surface area contributed by atoms with E-state index < -0.39 is 0 Å². The molecule has 0 amide bonds. The molecule has 3 saturated heterocycles. The summed E-state index contributed by atoms with van der Waals surface area (Å²) in [6, 6.07) is 2.37. The fourth-order valence-corrected chi connectivity index (χ4v) is 24.0. The fraction of sp³-hybridized carbons (Fsp3) is 1.00. The molecule has 0 aromatic carbocycles. The Labute approximate surface area is 385 Å². The summed E-state index contributed by atoms with van der Waals surface area (Å²) in [6.45, 7) is 0. The normalized spacial score (nSPS) is 54.3. The lowest BCUT2D eigenvalue weighted by molar-refractivity contribution is -0.102. The van der Waals surface area contributed by atoms with Crippen molar-refractivity contribution in [2.75, 3.05) is 0 Å². The van der Waals surface area contributed by atoms with Gasteiger partial charge in [0.1, 0.15) is 0 Å². The standard InChI is InChI=1S/C58H93NO2S/c1-2-12-36(13-3-1)37-24-28-40(29-25-37)59(41-30-26-39(27-31-41)43-19-10-15-38-14-4-5-16-42(38)43)50-34-32-44(54-48-17-6-9-23-52(48)61-56(50)54)45-20-11-21-46-47-33-35-53-55(58(47)62-57(45)46)49-18-7-8-22-51(49)60-53/h36-58H,1-35H2. The zero-order chi connectivity index (χ0) is 40.7. The molecule has 13 aliphatic rings. The van der Waals surface area contributed by atoms with E-state index in [1.54, 1.807) is 83.5 Å². The third-order valence-electron chi connectivity index (χ3n) is 23.8. The minimum Gasteiger partial charge on any atom is -0.374 e. The predicted molar refractivity (Wildman–Crippen MR) is 256 cm³/mol. The van der Waals surface area contributed by atoms with Crippen LogP contribution in [0.5, 0.6) is 0 Å². The van der Waals surface area contributed by atoms with E-state index in [0.29, 0.717) is 30.5 Å². The van der Waals surface area contributed by atoms with Gasteiger partial charge < -0.3 is 9.47 Å². The van der Waals surface area contributed by atoms with Crippen LogP contribution in [0.2, 0.25) is 0 Å². The Bertz CT molecular complexity index is 1500. The van der Waals surface area contributed by atoms with Crippen LogP contribution in [-0.2, 0) is 9.47 Å². The summed E-state index contributed by atoms with van der Waals surface area (Å²) in [4.78, 5) is 3.41. The largest absolute Gasteiger partial charge is 0.374 e. The van der Waals surface area contributed by atoms with E-state index >= 15 is 0 Å². The van der Waals surface area contributed by atoms with E-state index in [2.05, 4.69) is 16.7 Å². The van der Waals surface area contributed by atoms with E-state index in [1.807, 2.05) is 0 Å². The number of nitrogens with zero attached hydrogens (tertiary/aromatic N) is 1. The average molecular weight is 868 g/mol. The van der Waals surface area contributed by atoms with Crippen molar-refractivity contribution in [1.82, 2.24) is 4.90 Å². The second-order valence-corrected chi connectivity index (χ2v) is 27.4. The van der Waals surface area contributed by atoms with Gasteiger partial charge in [-0.3, -0.25) is 4.90 Å². The third-order valence-corrected chi connectivity index (χ3v) is 25.8. The molecule has 13 fully saturated rings. The van der Waals surface area contributed by atoms with Crippen LogP contribution in [0.1, 0.15) is 225 Å². The first-order chi connectivity index (χ1) is 30.7. The molecule has 0 N–H and O–H groups in total. The van der Waals surface area contributed by atoms with Gasteiger partial charge in [0.15, 0.2) is 0 Å². The van der Waals surface area contributed by atoms with E-state index in [0.717, 1.165) is 105 Å². The van der Waals surface area contributed by atoms with Gasteiger partial charge in [0.05, 0.1) is 24.4 Å². The molecule has 4 heteroatoms. The van der Waals surface area contributed by atoms with Gasteiger partial charge in [0.25, 0.3) is 0 Å². The topological polar surface area (TPSA) is 21.7 Å². The maximum atomic E-state index is 7.81. The quantitative estimate of drug-likeness (QED) is 0.265. The number of hydrogen-bond donors (Lipinski definition) is 0. The van der Waals surface area contributed by atoms with E-state index in [1.165, 1.54) is 141 Å². The molecule has 62 heavy (non-hydrogen) atoms. The zero-order valence-electron chi connectivity index (χ0n) is 39.7. The first-order valence-electron chi connectivity index (χ1n) is 29.5. The number of hydrogen-bond acceptors (Lipinski definition) is 4. The van der Waals surface area contributed by atoms with Gasteiger partial charge in [-0.25, -0.2) is 0 Å². The van der Waals surface area contributed by atoms with Crippen molar-refractivity contribution in [1.29, 1.82) is 0 Å². The van der Waals surface area contributed by atoms with Gasteiger partial charge >= 0.3 is 0 Å². The number of fused-ring (bicyclic) bond motifs is 11. The first kappa shape index (κ1) is 42.3. The van der Waals surface area contributed by atoms with Gasteiger partial charge in [0, 0.05) is 34.5 Å². The van der Waals surface area contributed by atoms with Crippen LogP contribution in [0.15, 0.2) is 0 Å². The Hall–Kier alpha value is 0.230. The molecular formula is C58H93NO2S. The lowest BCUT2D eigenvalue weighted by atomic mass is 9.57. The molecule has 0 spiro atoms. The van der Waals surface area contributed by atoms with Crippen LogP contribution in [0.4, 0.5) is 0 Å². The Morgan fingerprint density at radius 1 is 0.290 bits per heavy atom. The maximum absolute atomic E-state index is 7.81. The van der Waals surface area contributed by atoms with Crippen molar-refractivity contribution in [2.24, 2.45) is 82.9 Å². The minimum atomic E-state index is 0.529. The smallest absolute Gasteiger partial charge is 0.0768 e. The molecule has 18 unspecified atom stereocenters.